The summed E-state index contributed by atoms with van der Waals surface area (Å²) in [7, 11) is 0. The van der Waals surface area contributed by atoms with E-state index in [4.69, 9.17) is 0 Å². The van der Waals surface area contributed by atoms with Crippen LogP contribution in [0.1, 0.15) is 28.8 Å². The van der Waals surface area contributed by atoms with Crippen molar-refractivity contribution in [3.63, 3.8) is 0 Å². The number of para-hydroxylation sites is 1. The zero-order valence-corrected chi connectivity index (χ0v) is 17.0. The second kappa shape index (κ2) is 7.93. The molecule has 1 heterocycles. The molecule has 0 aliphatic heterocycles. The molecule has 0 unspecified atom stereocenters. The van der Waals surface area contributed by atoms with Gasteiger partial charge in [-0.15, -0.1) is 0 Å². The Hall–Kier alpha value is -4.16. The molecule has 3 nitrogen and oxygen atoms in total. The zero-order valence-electron chi connectivity index (χ0n) is 17.0. The molecular weight excluding hydrogens is 380 g/mol. The van der Waals surface area contributed by atoms with Gasteiger partial charge in [0.1, 0.15) is 11.6 Å². The first kappa shape index (κ1) is 18.8. The first-order chi connectivity index (χ1) is 15.3. The second-order valence-electron chi connectivity index (χ2n) is 7.61. The summed E-state index contributed by atoms with van der Waals surface area (Å²) in [6.07, 6.45) is 3.77. The van der Waals surface area contributed by atoms with E-state index in [2.05, 4.69) is 24.3 Å². The largest absolute Gasteiger partial charge is 0.276 e. The summed E-state index contributed by atoms with van der Waals surface area (Å²) in [4.78, 5) is 13.7. The minimum atomic E-state index is -0.271. The van der Waals surface area contributed by atoms with Gasteiger partial charge < -0.3 is 0 Å². The minimum absolute atomic E-state index is 0.203. The molecule has 0 fully saturated rings. The van der Waals surface area contributed by atoms with Crippen LogP contribution in [0.3, 0.4) is 0 Å². The first-order valence-corrected chi connectivity index (χ1v) is 10.4. The molecule has 0 saturated carbocycles. The Bertz CT molecular complexity index is 1380. The molecule has 1 aliphatic carbocycles. The maximum atomic E-state index is 13.7. The fourth-order valence-corrected chi connectivity index (χ4v) is 4.42. The molecule has 4 aromatic rings. The highest BCUT2D eigenvalue weighted by molar-refractivity contribution is 5.89. The van der Waals surface area contributed by atoms with Crippen molar-refractivity contribution < 1.29 is 0 Å². The van der Waals surface area contributed by atoms with E-state index in [1.54, 1.807) is 4.57 Å². The second-order valence-corrected chi connectivity index (χ2v) is 7.61. The highest BCUT2D eigenvalue weighted by Gasteiger charge is 2.29. The molecule has 0 bridgehead atoms. The van der Waals surface area contributed by atoms with E-state index in [1.807, 2.05) is 78.9 Å². The number of rotatable bonds is 3. The Labute approximate surface area is 181 Å². The van der Waals surface area contributed by atoms with Crippen LogP contribution in [0.15, 0.2) is 95.8 Å². The van der Waals surface area contributed by atoms with E-state index in [0.717, 1.165) is 52.0 Å². The third kappa shape index (κ3) is 3.29. The Balaban J connectivity index is 1.88. The topological polar surface area (TPSA) is 45.8 Å². The third-order valence-corrected chi connectivity index (χ3v) is 5.76. The van der Waals surface area contributed by atoms with Crippen LogP contribution in [-0.2, 0) is 6.42 Å². The van der Waals surface area contributed by atoms with Crippen LogP contribution in [0.5, 0.6) is 0 Å². The number of aromatic nitrogens is 1. The van der Waals surface area contributed by atoms with Crippen molar-refractivity contribution in [2.24, 2.45) is 0 Å². The van der Waals surface area contributed by atoms with Crippen LogP contribution in [-0.4, -0.2) is 4.57 Å². The van der Waals surface area contributed by atoms with Gasteiger partial charge in [-0.05, 0) is 53.3 Å². The highest BCUT2D eigenvalue weighted by Crippen LogP contribution is 2.40. The van der Waals surface area contributed by atoms with Gasteiger partial charge in [0.2, 0.25) is 0 Å². The van der Waals surface area contributed by atoms with Crippen molar-refractivity contribution in [3.05, 3.63) is 124 Å². The summed E-state index contributed by atoms with van der Waals surface area (Å²) in [5.41, 5.74) is 6.58. The molecule has 0 saturated heterocycles. The number of hydrogen-bond donors (Lipinski definition) is 0. The summed E-state index contributed by atoms with van der Waals surface area (Å²) >= 11 is 0. The minimum Gasteiger partial charge on any atom is -0.276 e. The van der Waals surface area contributed by atoms with Crippen molar-refractivity contribution in [1.29, 1.82) is 5.26 Å². The van der Waals surface area contributed by atoms with Crippen molar-refractivity contribution in [3.8, 4) is 22.9 Å². The molecule has 1 aliphatic rings. The zero-order chi connectivity index (χ0) is 21.2. The predicted molar refractivity (Wildman–Crippen MR) is 125 cm³/mol. The average molecular weight is 400 g/mol. The van der Waals surface area contributed by atoms with Crippen LogP contribution < -0.4 is 5.56 Å². The van der Waals surface area contributed by atoms with Crippen molar-refractivity contribution in [1.82, 2.24) is 4.57 Å². The van der Waals surface area contributed by atoms with Crippen LogP contribution in [0.4, 0.5) is 0 Å². The van der Waals surface area contributed by atoms with Gasteiger partial charge in [-0.2, -0.15) is 5.26 Å². The summed E-state index contributed by atoms with van der Waals surface area (Å²) < 4.78 is 1.72. The Morgan fingerprint density at radius 3 is 2.06 bits per heavy atom. The van der Waals surface area contributed by atoms with Crippen LogP contribution in [0.25, 0.3) is 28.5 Å². The Morgan fingerprint density at radius 1 is 0.806 bits per heavy atom. The van der Waals surface area contributed by atoms with Gasteiger partial charge in [0, 0.05) is 11.3 Å². The fraction of sp³-hybridized carbons (Fsp3) is 0.0714. The Morgan fingerprint density at radius 2 is 1.42 bits per heavy atom. The van der Waals surface area contributed by atoms with E-state index >= 15 is 0 Å². The maximum Gasteiger partial charge on any atom is 0.274 e. The van der Waals surface area contributed by atoms with E-state index in [0.29, 0.717) is 0 Å². The monoisotopic (exact) mass is 400 g/mol. The number of nitrogens with zero attached hydrogens (tertiary/aromatic N) is 2. The van der Waals surface area contributed by atoms with Gasteiger partial charge in [-0.3, -0.25) is 9.36 Å². The van der Waals surface area contributed by atoms with Crippen molar-refractivity contribution in [2.45, 2.75) is 12.8 Å². The van der Waals surface area contributed by atoms with E-state index in [1.165, 1.54) is 0 Å². The Kier molecular flexibility index (Phi) is 4.82. The first-order valence-electron chi connectivity index (χ1n) is 10.4. The molecule has 5 rings (SSSR count). The van der Waals surface area contributed by atoms with Gasteiger partial charge in [-0.1, -0.05) is 78.9 Å². The summed E-state index contributed by atoms with van der Waals surface area (Å²) in [5, 5.41) is 9.99. The molecule has 31 heavy (non-hydrogen) atoms. The molecular formula is C28H20N2O. The molecule has 0 spiro atoms. The van der Waals surface area contributed by atoms with Gasteiger partial charge in [0.25, 0.3) is 5.56 Å². The van der Waals surface area contributed by atoms with Gasteiger partial charge >= 0.3 is 0 Å². The molecule has 3 aromatic carbocycles. The maximum absolute atomic E-state index is 13.7. The fourth-order valence-electron chi connectivity index (χ4n) is 4.42. The smallest absolute Gasteiger partial charge is 0.274 e. The van der Waals surface area contributed by atoms with Crippen LogP contribution in [0.2, 0.25) is 0 Å². The standard InChI is InChI=1S/C28H20N2O/c29-19-25-26(21-12-6-2-7-13-21)24-17-16-22(18-20-10-4-1-5-11-20)27(24)30(28(25)31)23-14-8-3-9-15-23/h1-15,18H,16-17H2. The van der Waals surface area contributed by atoms with Gasteiger partial charge in [0.05, 0.1) is 5.69 Å². The summed E-state index contributed by atoms with van der Waals surface area (Å²) in [5.74, 6) is 0. The van der Waals surface area contributed by atoms with Crippen molar-refractivity contribution >= 4 is 11.6 Å². The number of hydrogen-bond acceptors (Lipinski definition) is 2. The number of fused-ring (bicyclic) bond motifs is 1. The lowest BCUT2D eigenvalue weighted by Gasteiger charge is -2.18. The number of benzene rings is 3. The van der Waals surface area contributed by atoms with Crippen molar-refractivity contribution in [2.75, 3.05) is 0 Å². The number of allylic oxidation sites excluding steroid dienone is 1. The summed E-state index contributed by atoms with van der Waals surface area (Å²) in [6.45, 7) is 0. The lowest BCUT2D eigenvalue weighted by molar-refractivity contribution is 0.953. The third-order valence-electron chi connectivity index (χ3n) is 5.76. The molecule has 1 aromatic heterocycles. The van der Waals surface area contributed by atoms with E-state index < -0.39 is 0 Å². The number of pyridine rings is 1. The molecule has 0 N–H and O–H groups in total. The molecule has 148 valence electrons. The average Bonchev–Trinajstić information content (AvgIpc) is 3.23. The quantitative estimate of drug-likeness (QED) is 0.432. The molecule has 3 heteroatoms. The molecule has 0 radical (unpaired) electrons. The van der Waals surface area contributed by atoms with Gasteiger partial charge in [0.15, 0.2) is 0 Å². The van der Waals surface area contributed by atoms with Crippen LogP contribution >= 0.6 is 0 Å². The normalized spacial score (nSPS) is 13.7. The lowest BCUT2D eigenvalue weighted by atomic mass is 9.94. The number of nitriles is 1. The predicted octanol–water partition coefficient (Wildman–Crippen LogP) is 5.86. The lowest BCUT2D eigenvalue weighted by Crippen LogP contribution is -2.25. The van der Waals surface area contributed by atoms with E-state index in [-0.39, 0.29) is 11.1 Å². The van der Waals surface area contributed by atoms with E-state index in [9.17, 15) is 10.1 Å². The highest BCUT2D eigenvalue weighted by atomic mass is 16.1. The van der Waals surface area contributed by atoms with Gasteiger partial charge in [-0.25, -0.2) is 0 Å². The SMILES string of the molecule is N#Cc1c(-c2ccccc2)c2c(n(-c3ccccc3)c1=O)C(=Cc1ccccc1)CC2. The summed E-state index contributed by atoms with van der Waals surface area (Å²) in [6, 6.07) is 31.8. The molecule has 0 amide bonds. The molecule has 0 atom stereocenters. The van der Waals surface area contributed by atoms with Crippen LogP contribution in [0, 0.1) is 11.3 Å².